The summed E-state index contributed by atoms with van der Waals surface area (Å²) in [5.41, 5.74) is -0.281. The van der Waals surface area contributed by atoms with Crippen molar-refractivity contribution in [3.8, 4) is 5.75 Å². The van der Waals surface area contributed by atoms with Crippen LogP contribution in [0.4, 0.5) is 18.9 Å². The van der Waals surface area contributed by atoms with Gasteiger partial charge in [-0.05, 0) is 6.07 Å². The molecule has 0 aliphatic carbocycles. The van der Waals surface area contributed by atoms with Gasteiger partial charge in [0.2, 0.25) is 0 Å². The number of nitro groups is 1. The predicted molar refractivity (Wildman–Crippen MR) is 59.3 cm³/mol. The van der Waals surface area contributed by atoms with Crippen molar-refractivity contribution < 1.29 is 32.3 Å². The maximum absolute atomic E-state index is 12.9. The van der Waals surface area contributed by atoms with Gasteiger partial charge in [0.15, 0.2) is 6.61 Å². The number of alkyl halides is 3. The van der Waals surface area contributed by atoms with Gasteiger partial charge >= 0.3 is 12.0 Å². The van der Waals surface area contributed by atoms with E-state index in [1.165, 1.54) is 18.2 Å². The van der Waals surface area contributed by atoms with Crippen molar-refractivity contribution in [3.05, 3.63) is 34.4 Å². The molecule has 2 rings (SSSR count). The van der Waals surface area contributed by atoms with E-state index in [0.717, 1.165) is 6.07 Å². The van der Waals surface area contributed by atoms with E-state index in [1.54, 1.807) is 0 Å². The summed E-state index contributed by atoms with van der Waals surface area (Å²) in [6.07, 6.45) is -4.76. The van der Waals surface area contributed by atoms with Gasteiger partial charge in [0, 0.05) is 6.07 Å². The summed E-state index contributed by atoms with van der Waals surface area (Å²) in [4.78, 5) is 9.88. The van der Waals surface area contributed by atoms with Crippen LogP contribution in [0, 0.1) is 10.1 Å². The summed E-state index contributed by atoms with van der Waals surface area (Å²) >= 11 is 0. The largest absolute Gasteiger partial charge is 0.487 e. The molecule has 0 bridgehead atoms. The van der Waals surface area contributed by atoms with E-state index in [2.05, 4.69) is 9.47 Å². The van der Waals surface area contributed by atoms with Gasteiger partial charge in [0.1, 0.15) is 5.75 Å². The zero-order chi connectivity index (χ0) is 14.8. The lowest BCUT2D eigenvalue weighted by molar-refractivity contribution is -0.385. The quantitative estimate of drug-likeness (QED) is 0.629. The lowest BCUT2D eigenvalue weighted by Gasteiger charge is -2.29. The molecule has 0 saturated carbocycles. The zero-order valence-electron chi connectivity index (χ0n) is 10.1. The second-order valence-corrected chi connectivity index (χ2v) is 3.99. The molecular weight excluding hydrogens is 283 g/mol. The molecule has 0 amide bonds. The number of nitro benzene ring substituents is 1. The molecule has 20 heavy (non-hydrogen) atoms. The molecule has 1 aliphatic rings. The van der Waals surface area contributed by atoms with Crippen LogP contribution in [0.1, 0.15) is 0 Å². The molecule has 1 aliphatic heterocycles. The lowest BCUT2D eigenvalue weighted by Crippen LogP contribution is -2.51. The molecule has 0 atom stereocenters. The predicted octanol–water partition coefficient (Wildman–Crippen LogP) is 2.28. The molecule has 1 aromatic carbocycles. The fourth-order valence-electron chi connectivity index (χ4n) is 1.65. The highest BCUT2D eigenvalue weighted by Crippen LogP contribution is 2.38. The summed E-state index contributed by atoms with van der Waals surface area (Å²) in [5.74, 6) is -2.89. The van der Waals surface area contributed by atoms with Gasteiger partial charge in [-0.25, -0.2) is 0 Å². The molecule has 6 nitrogen and oxygen atoms in total. The topological polar surface area (TPSA) is 70.8 Å². The monoisotopic (exact) mass is 293 g/mol. The molecule has 0 radical (unpaired) electrons. The normalized spacial score (nSPS) is 17.9. The highest BCUT2D eigenvalue weighted by atomic mass is 19.4. The summed E-state index contributed by atoms with van der Waals surface area (Å²) < 4.78 is 52.8. The Labute approximate surface area is 111 Å². The second-order valence-electron chi connectivity index (χ2n) is 3.99. The third-order valence-electron chi connectivity index (χ3n) is 2.64. The lowest BCUT2D eigenvalue weighted by atomic mass is 10.2. The van der Waals surface area contributed by atoms with E-state index in [4.69, 9.17) is 4.74 Å². The van der Waals surface area contributed by atoms with Crippen molar-refractivity contribution in [1.82, 2.24) is 0 Å². The van der Waals surface area contributed by atoms with E-state index in [0.29, 0.717) is 0 Å². The van der Waals surface area contributed by atoms with Crippen LogP contribution >= 0.6 is 0 Å². The molecule has 1 heterocycles. The van der Waals surface area contributed by atoms with Crippen molar-refractivity contribution in [2.24, 2.45) is 0 Å². The molecule has 1 saturated heterocycles. The Bertz CT molecular complexity index is 499. The van der Waals surface area contributed by atoms with E-state index in [1.807, 2.05) is 0 Å². The molecule has 1 fully saturated rings. The number of hydrogen-bond acceptors (Lipinski definition) is 5. The first-order chi connectivity index (χ1) is 9.34. The van der Waals surface area contributed by atoms with Crippen molar-refractivity contribution >= 4 is 5.69 Å². The first kappa shape index (κ1) is 14.5. The van der Waals surface area contributed by atoms with E-state index >= 15 is 0 Å². The molecule has 110 valence electrons. The minimum absolute atomic E-state index is 0.0677. The van der Waals surface area contributed by atoms with Crippen LogP contribution in [0.2, 0.25) is 0 Å². The number of rotatable bonds is 4. The van der Waals surface area contributed by atoms with Crippen molar-refractivity contribution in [2.45, 2.75) is 12.0 Å². The summed E-state index contributed by atoms with van der Waals surface area (Å²) in [7, 11) is 0. The number of ether oxygens (including phenoxy) is 3. The Hall–Kier alpha value is -1.87. The Morgan fingerprint density at radius 3 is 2.55 bits per heavy atom. The van der Waals surface area contributed by atoms with Crippen molar-refractivity contribution in [1.29, 1.82) is 0 Å². The number of nitrogens with zero attached hydrogens (tertiary/aromatic N) is 1. The van der Waals surface area contributed by atoms with E-state index in [9.17, 15) is 23.3 Å². The van der Waals surface area contributed by atoms with Crippen molar-refractivity contribution in [3.63, 3.8) is 0 Å². The molecule has 0 aromatic heterocycles. The minimum atomic E-state index is -4.76. The van der Waals surface area contributed by atoms with Crippen LogP contribution in [-0.4, -0.2) is 36.7 Å². The number of benzene rings is 1. The SMILES string of the molecule is O=[N+]([O-])c1cccc(OCC2(C(F)(F)F)OCCO2)c1. The maximum atomic E-state index is 12.9. The first-order valence-corrected chi connectivity index (χ1v) is 5.56. The number of non-ortho nitro benzene ring substituents is 1. The Morgan fingerprint density at radius 2 is 2.00 bits per heavy atom. The maximum Gasteiger partial charge on any atom is 0.447 e. The Morgan fingerprint density at radius 1 is 1.35 bits per heavy atom. The smallest absolute Gasteiger partial charge is 0.447 e. The minimum Gasteiger partial charge on any atom is -0.487 e. The van der Waals surface area contributed by atoms with Gasteiger partial charge in [0.25, 0.3) is 5.69 Å². The molecule has 0 N–H and O–H groups in total. The molecule has 1 aromatic rings. The van der Waals surface area contributed by atoms with Crippen LogP contribution in [-0.2, 0) is 9.47 Å². The zero-order valence-corrected chi connectivity index (χ0v) is 10.1. The fourth-order valence-corrected chi connectivity index (χ4v) is 1.65. The van der Waals surface area contributed by atoms with Gasteiger partial charge in [-0.15, -0.1) is 0 Å². The van der Waals surface area contributed by atoms with Gasteiger partial charge in [0.05, 0.1) is 24.2 Å². The van der Waals surface area contributed by atoms with Gasteiger partial charge < -0.3 is 14.2 Å². The van der Waals surface area contributed by atoms with Crippen LogP contribution < -0.4 is 4.74 Å². The van der Waals surface area contributed by atoms with Gasteiger partial charge in [-0.2, -0.15) is 13.2 Å². The van der Waals surface area contributed by atoms with Crippen LogP contribution in [0.25, 0.3) is 0 Å². The molecular formula is C11H10F3NO5. The van der Waals surface area contributed by atoms with Gasteiger partial charge in [-0.1, -0.05) is 6.07 Å². The summed E-state index contributed by atoms with van der Waals surface area (Å²) in [6, 6.07) is 4.85. The first-order valence-electron chi connectivity index (χ1n) is 5.56. The average molecular weight is 293 g/mol. The summed E-state index contributed by atoms with van der Waals surface area (Å²) in [5, 5.41) is 10.6. The third kappa shape index (κ3) is 2.83. The van der Waals surface area contributed by atoms with Crippen LogP contribution in [0.5, 0.6) is 5.75 Å². The highest BCUT2D eigenvalue weighted by Gasteiger charge is 2.61. The average Bonchev–Trinajstić information content (AvgIpc) is 2.86. The molecule has 9 heteroatoms. The highest BCUT2D eigenvalue weighted by molar-refractivity contribution is 5.37. The molecule has 0 spiro atoms. The second kappa shape index (κ2) is 5.25. The van der Waals surface area contributed by atoms with Crippen LogP contribution in [0.3, 0.4) is 0 Å². The van der Waals surface area contributed by atoms with Gasteiger partial charge in [-0.3, -0.25) is 10.1 Å². The Balaban J connectivity index is 2.11. The van der Waals surface area contributed by atoms with Crippen molar-refractivity contribution in [2.75, 3.05) is 19.8 Å². The van der Waals surface area contributed by atoms with Crippen LogP contribution in [0.15, 0.2) is 24.3 Å². The third-order valence-corrected chi connectivity index (χ3v) is 2.64. The Kier molecular flexibility index (Phi) is 3.82. The van der Waals surface area contributed by atoms with E-state index < -0.39 is 23.5 Å². The molecule has 0 unspecified atom stereocenters. The number of hydrogen-bond donors (Lipinski definition) is 0. The fraction of sp³-hybridized carbons (Fsp3) is 0.455. The number of halogens is 3. The van der Waals surface area contributed by atoms with E-state index in [-0.39, 0.29) is 24.7 Å². The summed E-state index contributed by atoms with van der Waals surface area (Å²) in [6.45, 7) is -1.33. The standard InChI is InChI=1S/C11H10F3NO5/c12-11(13,14)10(19-4-5-20-10)7-18-9-3-1-2-8(6-9)15(16)17/h1-3,6H,4-5,7H2.